The number of benzene rings is 1. The third-order valence-corrected chi connectivity index (χ3v) is 4.44. The van der Waals surface area contributed by atoms with Crippen LogP contribution in [0.25, 0.3) is 0 Å². The van der Waals surface area contributed by atoms with E-state index >= 15 is 0 Å². The lowest BCUT2D eigenvalue weighted by molar-refractivity contribution is -0.127. The molecule has 1 aromatic rings. The van der Waals surface area contributed by atoms with Crippen LogP contribution in [0.15, 0.2) is 17.0 Å². The maximum absolute atomic E-state index is 11.6. The summed E-state index contributed by atoms with van der Waals surface area (Å²) in [7, 11) is 1.56. The lowest BCUT2D eigenvalue weighted by atomic mass is 10.1. The molecular weight excluding hydrogens is 302 g/mol. The molecule has 0 fully saturated rings. The van der Waals surface area contributed by atoms with E-state index in [0.29, 0.717) is 23.4 Å². The van der Waals surface area contributed by atoms with Gasteiger partial charge in [-0.3, -0.25) is 4.79 Å². The van der Waals surface area contributed by atoms with E-state index in [1.807, 2.05) is 6.92 Å². The fraction of sp³-hybridized carbons (Fsp3) is 0.462. The van der Waals surface area contributed by atoms with E-state index < -0.39 is 15.2 Å². The third-order valence-electron chi connectivity index (χ3n) is 2.97. The van der Waals surface area contributed by atoms with Gasteiger partial charge in [0.25, 0.3) is 15.0 Å². The Kier molecular flexibility index (Phi) is 5.42. The van der Waals surface area contributed by atoms with Gasteiger partial charge >= 0.3 is 0 Å². The van der Waals surface area contributed by atoms with Gasteiger partial charge in [-0.25, -0.2) is 8.42 Å². The molecular formula is C13H18ClNO4S. The molecule has 0 aliphatic rings. The summed E-state index contributed by atoms with van der Waals surface area (Å²) in [5.41, 5.74) is 1.16. The number of likely N-dealkylation sites (N-methyl/N-ethyl adjacent to an activating group) is 1. The van der Waals surface area contributed by atoms with Crippen molar-refractivity contribution < 1.29 is 17.9 Å². The highest BCUT2D eigenvalue weighted by Gasteiger charge is 2.19. The number of rotatable bonds is 5. The molecule has 0 aliphatic carbocycles. The van der Waals surface area contributed by atoms with Gasteiger partial charge in [0, 0.05) is 17.2 Å². The number of nitrogens with one attached hydrogen (secondary N) is 1. The molecule has 1 amide bonds. The van der Waals surface area contributed by atoms with Gasteiger partial charge in [-0.1, -0.05) is 0 Å². The summed E-state index contributed by atoms with van der Waals surface area (Å²) in [4.78, 5) is 11.7. The largest absolute Gasteiger partial charge is 0.481 e. The molecule has 1 rings (SSSR count). The van der Waals surface area contributed by atoms with Gasteiger partial charge in [0.1, 0.15) is 5.75 Å². The smallest absolute Gasteiger partial charge is 0.261 e. The summed E-state index contributed by atoms with van der Waals surface area (Å²) >= 11 is 0. The number of hydrogen-bond acceptors (Lipinski definition) is 4. The van der Waals surface area contributed by atoms with Gasteiger partial charge in [0.15, 0.2) is 6.10 Å². The summed E-state index contributed by atoms with van der Waals surface area (Å²) in [6.07, 6.45) is -0.661. The predicted octanol–water partition coefficient (Wildman–Crippen LogP) is 2.13. The molecule has 0 heterocycles. The van der Waals surface area contributed by atoms with E-state index in [1.165, 1.54) is 12.1 Å². The maximum atomic E-state index is 11.6. The third kappa shape index (κ3) is 3.86. The SMILES string of the molecule is CCNC(=O)C(C)Oc1ccc(S(=O)(=O)Cl)c(C)c1C. The van der Waals surface area contributed by atoms with Gasteiger partial charge in [-0.2, -0.15) is 0 Å². The topological polar surface area (TPSA) is 72.5 Å². The Morgan fingerprint density at radius 2 is 1.95 bits per heavy atom. The normalized spacial score (nSPS) is 12.8. The fourth-order valence-corrected chi connectivity index (χ4v) is 2.98. The number of carbonyl (C=O) groups is 1. The molecule has 20 heavy (non-hydrogen) atoms. The maximum Gasteiger partial charge on any atom is 0.261 e. The summed E-state index contributed by atoms with van der Waals surface area (Å²) in [5, 5.41) is 2.65. The minimum atomic E-state index is -3.79. The van der Waals surface area contributed by atoms with Crippen molar-refractivity contribution in [2.45, 2.75) is 38.7 Å². The summed E-state index contributed by atoms with van der Waals surface area (Å²) < 4.78 is 28.3. The molecule has 0 aliphatic heterocycles. The van der Waals surface area contributed by atoms with Crippen LogP contribution in [0.1, 0.15) is 25.0 Å². The first-order valence-electron chi connectivity index (χ1n) is 6.17. The molecule has 7 heteroatoms. The number of amides is 1. The number of halogens is 1. The molecule has 0 aromatic heterocycles. The van der Waals surface area contributed by atoms with Crippen molar-refractivity contribution in [3.05, 3.63) is 23.3 Å². The van der Waals surface area contributed by atoms with Crippen molar-refractivity contribution in [1.82, 2.24) is 5.32 Å². The van der Waals surface area contributed by atoms with Crippen molar-refractivity contribution in [2.75, 3.05) is 6.54 Å². The van der Waals surface area contributed by atoms with Crippen LogP contribution in [-0.2, 0) is 13.8 Å². The zero-order chi connectivity index (χ0) is 15.5. The highest BCUT2D eigenvalue weighted by atomic mass is 35.7. The minimum Gasteiger partial charge on any atom is -0.481 e. The van der Waals surface area contributed by atoms with Crippen LogP contribution in [-0.4, -0.2) is 27.0 Å². The zero-order valence-corrected chi connectivity index (χ0v) is 13.4. The highest BCUT2D eigenvalue weighted by molar-refractivity contribution is 8.13. The number of carbonyl (C=O) groups excluding carboxylic acids is 1. The summed E-state index contributed by atoms with van der Waals surface area (Å²) in [6.45, 7) is 7.34. The predicted molar refractivity (Wildman–Crippen MR) is 77.7 cm³/mol. The lowest BCUT2D eigenvalue weighted by Gasteiger charge is -2.17. The standard InChI is InChI=1S/C13H18ClNO4S/c1-5-15-13(16)10(4)19-11-6-7-12(20(14,17)18)9(3)8(11)2/h6-7,10H,5H2,1-4H3,(H,15,16). The summed E-state index contributed by atoms with van der Waals surface area (Å²) in [6, 6.07) is 2.89. The molecule has 1 atom stereocenters. The first-order chi connectivity index (χ1) is 9.18. The highest BCUT2D eigenvalue weighted by Crippen LogP contribution is 2.29. The summed E-state index contributed by atoms with van der Waals surface area (Å²) in [5.74, 6) is 0.240. The van der Waals surface area contributed by atoms with E-state index in [9.17, 15) is 13.2 Å². The molecule has 0 bridgehead atoms. The van der Waals surface area contributed by atoms with Crippen molar-refractivity contribution in [3.8, 4) is 5.75 Å². The van der Waals surface area contributed by atoms with Crippen molar-refractivity contribution in [2.24, 2.45) is 0 Å². The van der Waals surface area contributed by atoms with Crippen LogP contribution < -0.4 is 10.1 Å². The average Bonchev–Trinajstić information content (AvgIpc) is 2.33. The van der Waals surface area contributed by atoms with Crippen LogP contribution in [0.4, 0.5) is 0 Å². The van der Waals surface area contributed by atoms with Crippen LogP contribution >= 0.6 is 10.7 Å². The second-order valence-electron chi connectivity index (χ2n) is 4.40. The molecule has 0 radical (unpaired) electrons. The van der Waals surface area contributed by atoms with Crippen molar-refractivity contribution in [1.29, 1.82) is 0 Å². The van der Waals surface area contributed by atoms with Crippen LogP contribution in [0.3, 0.4) is 0 Å². The van der Waals surface area contributed by atoms with Gasteiger partial charge in [0.05, 0.1) is 4.90 Å². The lowest BCUT2D eigenvalue weighted by Crippen LogP contribution is -2.36. The molecule has 1 unspecified atom stereocenters. The van der Waals surface area contributed by atoms with E-state index in [-0.39, 0.29) is 10.8 Å². The van der Waals surface area contributed by atoms with Gasteiger partial charge in [-0.05, 0) is 51.0 Å². The van der Waals surface area contributed by atoms with E-state index in [1.54, 1.807) is 20.8 Å². The first-order valence-corrected chi connectivity index (χ1v) is 8.48. The second kappa shape index (κ2) is 6.45. The van der Waals surface area contributed by atoms with Gasteiger partial charge < -0.3 is 10.1 Å². The Morgan fingerprint density at radius 1 is 1.35 bits per heavy atom. The van der Waals surface area contributed by atoms with Crippen molar-refractivity contribution in [3.63, 3.8) is 0 Å². The van der Waals surface area contributed by atoms with E-state index in [4.69, 9.17) is 15.4 Å². The molecule has 0 saturated carbocycles. The molecule has 5 nitrogen and oxygen atoms in total. The number of ether oxygens (including phenoxy) is 1. The Balaban J connectivity index is 3.06. The Bertz CT molecular complexity index is 613. The molecule has 1 aromatic carbocycles. The quantitative estimate of drug-likeness (QED) is 0.844. The first kappa shape index (κ1) is 16.8. The minimum absolute atomic E-state index is 0.0506. The molecule has 112 valence electrons. The molecule has 0 saturated heterocycles. The molecule has 0 spiro atoms. The zero-order valence-electron chi connectivity index (χ0n) is 11.9. The second-order valence-corrected chi connectivity index (χ2v) is 6.94. The Labute approximate surface area is 123 Å². The van der Waals surface area contributed by atoms with Crippen LogP contribution in [0, 0.1) is 13.8 Å². The fourth-order valence-electron chi connectivity index (χ4n) is 1.72. The Hall–Kier alpha value is -1.27. The number of hydrogen-bond donors (Lipinski definition) is 1. The Morgan fingerprint density at radius 3 is 2.45 bits per heavy atom. The van der Waals surface area contributed by atoms with Crippen molar-refractivity contribution >= 4 is 25.6 Å². The van der Waals surface area contributed by atoms with Gasteiger partial charge in [-0.15, -0.1) is 0 Å². The van der Waals surface area contributed by atoms with E-state index in [0.717, 1.165) is 0 Å². The van der Waals surface area contributed by atoms with Crippen LogP contribution in [0.2, 0.25) is 0 Å². The average molecular weight is 320 g/mol. The monoisotopic (exact) mass is 319 g/mol. The van der Waals surface area contributed by atoms with Crippen LogP contribution in [0.5, 0.6) is 5.75 Å². The van der Waals surface area contributed by atoms with E-state index in [2.05, 4.69) is 5.32 Å². The molecule has 1 N–H and O–H groups in total. The van der Waals surface area contributed by atoms with Gasteiger partial charge in [0.2, 0.25) is 0 Å².